The van der Waals surface area contributed by atoms with E-state index in [9.17, 15) is 24.3 Å². The number of Topliss-reactive ketones (excluding diaryl/α,β-unsaturated/α-hetero) is 2. The number of thioether (sulfide) groups is 1. The number of aryl methyl sites for hydroxylation is 1. The molecule has 1 unspecified atom stereocenters. The summed E-state index contributed by atoms with van der Waals surface area (Å²) < 4.78 is 13.2. The zero-order valence-corrected chi connectivity index (χ0v) is 37.1. The number of urea groups is 1. The molecule has 10 nitrogen and oxygen atoms in total. The molecule has 0 saturated carbocycles. The van der Waals surface area contributed by atoms with E-state index in [0.717, 1.165) is 41.0 Å². The van der Waals surface area contributed by atoms with Crippen LogP contribution < -0.4 is 15.4 Å². The van der Waals surface area contributed by atoms with Gasteiger partial charge in [0.05, 0.1) is 44.8 Å². The van der Waals surface area contributed by atoms with Crippen LogP contribution in [0, 0.1) is 24.7 Å². The number of rotatable bonds is 11. The Morgan fingerprint density at radius 1 is 0.897 bits per heavy atom. The molecule has 2 saturated heterocycles. The van der Waals surface area contributed by atoms with Crippen LogP contribution in [0.25, 0.3) is 0 Å². The lowest BCUT2D eigenvalue weighted by Gasteiger charge is -2.36. The number of phenols is 1. The van der Waals surface area contributed by atoms with E-state index in [1.165, 1.54) is 19.0 Å². The summed E-state index contributed by atoms with van der Waals surface area (Å²) in [5.41, 5.74) is 2.57. The number of amides is 2. The van der Waals surface area contributed by atoms with Gasteiger partial charge in [-0.15, -0.1) is 0 Å². The first kappa shape index (κ1) is 44.7. The van der Waals surface area contributed by atoms with Gasteiger partial charge in [-0.2, -0.15) is 11.8 Å². The second-order valence-electron chi connectivity index (χ2n) is 18.5. The number of nitrogens with zero attached hydrogens (tertiary/aromatic N) is 1. The lowest BCUT2D eigenvalue weighted by atomic mass is 9.77. The molecule has 314 valence electrons. The molecule has 1 spiro atoms. The van der Waals surface area contributed by atoms with E-state index in [4.69, 9.17) is 9.47 Å². The predicted molar refractivity (Wildman–Crippen MR) is 231 cm³/mol. The van der Waals surface area contributed by atoms with Crippen LogP contribution in [0.15, 0.2) is 54.6 Å². The topological polar surface area (TPSA) is 131 Å². The second kappa shape index (κ2) is 17.9. The lowest BCUT2D eigenvalue weighted by Crippen LogP contribution is -2.47. The number of nitrogens with one attached hydrogen (secondary N) is 2. The third kappa shape index (κ3) is 9.91. The maximum atomic E-state index is 13.0. The number of quaternary nitrogens is 1. The Kier molecular flexibility index (Phi) is 13.8. The molecule has 0 aromatic heterocycles. The highest BCUT2D eigenvalue weighted by Gasteiger charge is 2.54. The van der Waals surface area contributed by atoms with Crippen molar-refractivity contribution < 1.29 is 38.2 Å². The summed E-state index contributed by atoms with van der Waals surface area (Å²) in [5.74, 6) is 2.70. The maximum absolute atomic E-state index is 13.0. The molecule has 3 N–H and O–H groups in total. The fraction of sp³-hybridized carbons (Fsp3) is 0.532. The van der Waals surface area contributed by atoms with Crippen molar-refractivity contribution in [2.24, 2.45) is 17.8 Å². The van der Waals surface area contributed by atoms with Gasteiger partial charge >= 0.3 is 12.0 Å². The SMILES string of the molecule is CC(C)C(=O)CCCC[C@@H]1SC[C@]2(C)NC(=O)N[C@H]12.CC(C)CC[N+](C)(C)C.Cc1ccc2c(c1)Oc1cc(O)ccc1C21OC(=O)c2cc(C(=O)C(C)C)ccc21. The van der Waals surface area contributed by atoms with Crippen LogP contribution >= 0.6 is 11.8 Å². The highest BCUT2D eigenvalue weighted by Crippen LogP contribution is 2.56. The van der Waals surface area contributed by atoms with Crippen LogP contribution in [-0.4, -0.2) is 83.4 Å². The number of carbonyl (C=O) groups is 4. The number of carbonyl (C=O) groups excluding carboxylic acids is 4. The summed E-state index contributed by atoms with van der Waals surface area (Å²) >= 11 is 1.94. The smallest absolute Gasteiger partial charge is 0.340 e. The predicted octanol–water partition coefficient (Wildman–Crippen LogP) is 9.17. The summed E-state index contributed by atoms with van der Waals surface area (Å²) in [4.78, 5) is 48.5. The lowest BCUT2D eigenvalue weighted by molar-refractivity contribution is -0.870. The number of benzene rings is 3. The van der Waals surface area contributed by atoms with Crippen molar-refractivity contribution in [1.29, 1.82) is 0 Å². The molecule has 58 heavy (non-hydrogen) atoms. The average Bonchev–Trinajstić information content (AvgIpc) is 3.72. The number of hydrogen-bond donors (Lipinski definition) is 3. The molecule has 0 radical (unpaired) electrons. The van der Waals surface area contributed by atoms with Crippen molar-refractivity contribution >= 4 is 35.3 Å². The highest BCUT2D eigenvalue weighted by molar-refractivity contribution is 8.00. The van der Waals surface area contributed by atoms with Gasteiger partial charge in [-0.1, -0.05) is 72.2 Å². The summed E-state index contributed by atoms with van der Waals surface area (Å²) in [7, 11) is 6.72. The minimum absolute atomic E-state index is 0.0279. The molecule has 4 heterocycles. The van der Waals surface area contributed by atoms with Gasteiger partial charge in [0.2, 0.25) is 0 Å². The number of fused-ring (bicyclic) bond motifs is 7. The minimum atomic E-state index is -1.20. The first-order valence-corrected chi connectivity index (χ1v) is 21.8. The summed E-state index contributed by atoms with van der Waals surface area (Å²) in [6, 6.07) is 15.9. The summed E-state index contributed by atoms with van der Waals surface area (Å²) in [6.07, 6.45) is 5.15. The Bertz CT molecular complexity index is 1970. The van der Waals surface area contributed by atoms with Gasteiger partial charge in [0.1, 0.15) is 23.0 Å². The number of aromatic hydroxyl groups is 1. The van der Waals surface area contributed by atoms with Crippen molar-refractivity contribution in [2.45, 2.75) is 110 Å². The van der Waals surface area contributed by atoms with Crippen molar-refractivity contribution in [2.75, 3.05) is 33.4 Å². The van der Waals surface area contributed by atoms with Crippen LogP contribution in [0.1, 0.15) is 124 Å². The number of ether oxygens (including phenoxy) is 2. The molecular weight excluding hydrogens is 751 g/mol. The van der Waals surface area contributed by atoms with Crippen LogP contribution in [0.5, 0.6) is 17.2 Å². The molecule has 3 aromatic rings. The van der Waals surface area contributed by atoms with E-state index in [0.29, 0.717) is 56.8 Å². The zero-order chi connectivity index (χ0) is 42.7. The van der Waals surface area contributed by atoms with E-state index >= 15 is 0 Å². The van der Waals surface area contributed by atoms with Crippen molar-refractivity contribution in [3.05, 3.63) is 88.0 Å². The maximum Gasteiger partial charge on any atom is 0.340 e. The Hall–Kier alpha value is -4.35. The average molecular weight is 815 g/mol. The van der Waals surface area contributed by atoms with Crippen molar-refractivity contribution in [1.82, 2.24) is 10.6 Å². The van der Waals surface area contributed by atoms with Crippen LogP contribution in [-0.2, 0) is 15.1 Å². The van der Waals surface area contributed by atoms with E-state index < -0.39 is 11.6 Å². The molecule has 0 bridgehead atoms. The molecule has 4 aliphatic heterocycles. The number of hydrogen-bond acceptors (Lipinski definition) is 8. The molecule has 0 aliphatic carbocycles. The minimum Gasteiger partial charge on any atom is -0.508 e. The van der Waals surface area contributed by atoms with Gasteiger partial charge in [-0.3, -0.25) is 9.59 Å². The molecule has 2 amide bonds. The zero-order valence-electron chi connectivity index (χ0n) is 36.3. The quantitative estimate of drug-likeness (QED) is 0.0575. The Balaban J connectivity index is 0.000000195. The van der Waals surface area contributed by atoms with Gasteiger partial charge in [-0.05, 0) is 68.9 Å². The molecule has 11 heteroatoms. The first-order chi connectivity index (χ1) is 27.1. The molecule has 4 aliphatic rings. The monoisotopic (exact) mass is 814 g/mol. The van der Waals surface area contributed by atoms with Gasteiger partial charge < -0.3 is 29.7 Å². The second-order valence-corrected chi connectivity index (χ2v) is 19.8. The van der Waals surface area contributed by atoms with Gasteiger partial charge in [-0.25, -0.2) is 9.59 Å². The largest absolute Gasteiger partial charge is 0.508 e. The summed E-state index contributed by atoms with van der Waals surface area (Å²) in [5, 5.41) is 16.5. The number of unbranched alkanes of at least 4 members (excludes halogenated alkanes) is 1. The van der Waals surface area contributed by atoms with Crippen LogP contribution in [0.2, 0.25) is 0 Å². The van der Waals surface area contributed by atoms with Crippen LogP contribution in [0.3, 0.4) is 0 Å². The Labute approximate surface area is 349 Å². The summed E-state index contributed by atoms with van der Waals surface area (Å²) in [6.45, 7) is 17.5. The Morgan fingerprint density at radius 2 is 1.55 bits per heavy atom. The fourth-order valence-corrected chi connectivity index (χ4v) is 9.52. The molecule has 4 atom stereocenters. The van der Waals surface area contributed by atoms with Crippen molar-refractivity contribution in [3.8, 4) is 17.2 Å². The van der Waals surface area contributed by atoms with Gasteiger partial charge in [0.15, 0.2) is 11.4 Å². The molecule has 3 aromatic carbocycles. The normalized spacial score (nSPS) is 22.4. The van der Waals surface area contributed by atoms with E-state index in [1.54, 1.807) is 30.3 Å². The van der Waals surface area contributed by atoms with Crippen LogP contribution in [0.4, 0.5) is 4.79 Å². The Morgan fingerprint density at radius 3 is 2.17 bits per heavy atom. The van der Waals surface area contributed by atoms with Gasteiger partial charge in [0.25, 0.3) is 0 Å². The third-order valence-corrected chi connectivity index (χ3v) is 13.0. The van der Waals surface area contributed by atoms with E-state index in [-0.39, 0.29) is 41.0 Å². The third-order valence-electron chi connectivity index (χ3n) is 11.3. The molecule has 2 fully saturated rings. The number of phenolic OH excluding ortho intramolecular Hbond substituents is 1. The fourth-order valence-electron chi connectivity index (χ4n) is 7.82. The van der Waals surface area contributed by atoms with E-state index in [2.05, 4.69) is 52.5 Å². The van der Waals surface area contributed by atoms with E-state index in [1.807, 2.05) is 64.6 Å². The molecular formula is C47H64N3O7S+. The molecule has 7 rings (SSSR count). The standard InChI is InChI=1S/C25H20O5.C14H24N2O2S.C8H20N/c1-13(2)23(27)15-5-8-18-17(11-15)24(28)30-25(18)19-7-4-14(3)10-21(19)29-22-12-16(26)6-9-20(22)25;1-9(2)10(17)6-4-5-7-11-12-14(3,8-19-11)16-13(18)15-12;1-8(2)6-7-9(3,4)5/h4-13,26H,1-3H3;9,11-12H,4-8H2,1-3H3,(H2,15,16,18);8H,6-7H2,1-5H3/q;;+1/t;11-,12+,14-;/m.0./s1. The van der Waals surface area contributed by atoms with Crippen molar-refractivity contribution in [3.63, 3.8) is 0 Å². The number of esters is 1. The number of ketones is 2. The van der Waals surface area contributed by atoms with Gasteiger partial charge in [0, 0.05) is 57.6 Å². The highest BCUT2D eigenvalue weighted by atomic mass is 32.2. The first-order valence-electron chi connectivity index (χ1n) is 20.7.